The molecule has 2 rings (SSSR count). The Morgan fingerprint density at radius 2 is 1.86 bits per heavy atom. The molecule has 21 heavy (non-hydrogen) atoms. The topological polar surface area (TPSA) is 55.9 Å². The van der Waals surface area contributed by atoms with Crippen LogP contribution in [0.25, 0.3) is 0 Å². The van der Waals surface area contributed by atoms with Crippen molar-refractivity contribution in [2.75, 3.05) is 0 Å². The Morgan fingerprint density at radius 1 is 1.19 bits per heavy atom. The summed E-state index contributed by atoms with van der Waals surface area (Å²) in [4.78, 5) is 0. The standard InChI is InChI=1S/C17H26N4/c1-4-17(5-2,14-9-7-6-8-10-14)16(19-18)13-15-11-12-21(3)20-15/h6-12,16,19H,4-5,13,18H2,1-3H3. The molecule has 1 atom stereocenters. The summed E-state index contributed by atoms with van der Waals surface area (Å²) < 4.78 is 1.84. The molecule has 114 valence electrons. The molecule has 0 fully saturated rings. The zero-order valence-electron chi connectivity index (χ0n) is 13.2. The third-order valence-electron chi connectivity index (χ3n) is 4.66. The first-order valence-corrected chi connectivity index (χ1v) is 7.66. The number of hydrogen-bond donors (Lipinski definition) is 2. The lowest BCUT2D eigenvalue weighted by molar-refractivity contribution is 0.269. The van der Waals surface area contributed by atoms with Crippen LogP contribution in [0, 0.1) is 0 Å². The van der Waals surface area contributed by atoms with Crippen LogP contribution in [0.3, 0.4) is 0 Å². The van der Waals surface area contributed by atoms with Crippen molar-refractivity contribution in [2.24, 2.45) is 12.9 Å². The van der Waals surface area contributed by atoms with Gasteiger partial charge in [-0.3, -0.25) is 16.0 Å². The number of nitrogens with zero attached hydrogens (tertiary/aromatic N) is 2. The van der Waals surface area contributed by atoms with E-state index >= 15 is 0 Å². The van der Waals surface area contributed by atoms with Gasteiger partial charge in [-0.05, 0) is 24.5 Å². The molecule has 3 N–H and O–H groups in total. The van der Waals surface area contributed by atoms with E-state index in [0.29, 0.717) is 0 Å². The van der Waals surface area contributed by atoms with Gasteiger partial charge in [-0.15, -0.1) is 0 Å². The highest BCUT2D eigenvalue weighted by atomic mass is 15.3. The number of hydrogen-bond acceptors (Lipinski definition) is 3. The Morgan fingerprint density at radius 3 is 2.33 bits per heavy atom. The van der Waals surface area contributed by atoms with E-state index < -0.39 is 0 Å². The quantitative estimate of drug-likeness (QED) is 0.607. The van der Waals surface area contributed by atoms with Crippen LogP contribution < -0.4 is 11.3 Å². The molecule has 0 amide bonds. The number of nitrogens with one attached hydrogen (secondary N) is 1. The van der Waals surface area contributed by atoms with E-state index in [1.165, 1.54) is 5.56 Å². The van der Waals surface area contributed by atoms with Crippen molar-refractivity contribution in [3.8, 4) is 0 Å². The molecule has 1 unspecified atom stereocenters. The normalized spacial score (nSPS) is 13.3. The molecule has 1 aromatic heterocycles. The van der Waals surface area contributed by atoms with Crippen molar-refractivity contribution in [3.05, 3.63) is 53.9 Å². The van der Waals surface area contributed by atoms with Gasteiger partial charge in [0, 0.05) is 31.1 Å². The second-order valence-corrected chi connectivity index (χ2v) is 5.63. The van der Waals surface area contributed by atoms with Gasteiger partial charge in [-0.2, -0.15) is 5.10 Å². The van der Waals surface area contributed by atoms with Crippen LogP contribution in [0.2, 0.25) is 0 Å². The fraction of sp³-hybridized carbons (Fsp3) is 0.471. The molecule has 0 saturated carbocycles. The van der Waals surface area contributed by atoms with Crippen LogP contribution in [-0.2, 0) is 18.9 Å². The van der Waals surface area contributed by atoms with E-state index in [2.05, 4.69) is 60.8 Å². The van der Waals surface area contributed by atoms with Crippen LogP contribution in [0.15, 0.2) is 42.6 Å². The Hall–Kier alpha value is -1.65. The number of hydrazine groups is 1. The summed E-state index contributed by atoms with van der Waals surface area (Å²) in [6, 6.07) is 12.9. The number of aryl methyl sites for hydroxylation is 1. The minimum Gasteiger partial charge on any atom is -0.276 e. The van der Waals surface area contributed by atoms with Gasteiger partial charge in [0.25, 0.3) is 0 Å². The van der Waals surface area contributed by atoms with E-state index in [4.69, 9.17) is 5.84 Å². The highest BCUT2D eigenvalue weighted by Crippen LogP contribution is 2.36. The van der Waals surface area contributed by atoms with Crippen LogP contribution in [0.4, 0.5) is 0 Å². The molecule has 4 nitrogen and oxygen atoms in total. The average Bonchev–Trinajstić information content (AvgIpc) is 2.94. The maximum atomic E-state index is 5.92. The lowest BCUT2D eigenvalue weighted by Crippen LogP contribution is -2.52. The van der Waals surface area contributed by atoms with Gasteiger partial charge in [-0.25, -0.2) is 0 Å². The second kappa shape index (κ2) is 6.87. The molecule has 2 aromatic rings. The monoisotopic (exact) mass is 286 g/mol. The summed E-state index contributed by atoms with van der Waals surface area (Å²) in [5.74, 6) is 5.92. The number of rotatable bonds is 7. The zero-order chi connectivity index (χ0) is 15.3. The molecule has 0 aliphatic carbocycles. The fourth-order valence-electron chi connectivity index (χ4n) is 3.32. The summed E-state index contributed by atoms with van der Waals surface area (Å²) in [5, 5.41) is 4.50. The molecule has 0 spiro atoms. The zero-order valence-corrected chi connectivity index (χ0v) is 13.2. The van der Waals surface area contributed by atoms with Crippen LogP contribution >= 0.6 is 0 Å². The smallest absolute Gasteiger partial charge is 0.0640 e. The number of benzene rings is 1. The van der Waals surface area contributed by atoms with E-state index in [0.717, 1.165) is 25.0 Å². The van der Waals surface area contributed by atoms with Crippen molar-refractivity contribution in [2.45, 2.75) is 44.6 Å². The molecular weight excluding hydrogens is 260 g/mol. The Kier molecular flexibility index (Phi) is 5.15. The molecule has 0 saturated heterocycles. The third kappa shape index (κ3) is 3.17. The molecule has 0 bridgehead atoms. The van der Waals surface area contributed by atoms with E-state index in [1.54, 1.807) is 0 Å². The molecule has 1 aromatic carbocycles. The Balaban J connectivity index is 2.34. The van der Waals surface area contributed by atoms with Crippen molar-refractivity contribution in [1.29, 1.82) is 0 Å². The van der Waals surface area contributed by atoms with Gasteiger partial charge >= 0.3 is 0 Å². The predicted octanol–water partition coefficient (Wildman–Crippen LogP) is 2.55. The van der Waals surface area contributed by atoms with Gasteiger partial charge in [0.2, 0.25) is 0 Å². The van der Waals surface area contributed by atoms with Gasteiger partial charge in [0.1, 0.15) is 0 Å². The van der Waals surface area contributed by atoms with E-state index in [1.807, 2.05) is 17.9 Å². The van der Waals surface area contributed by atoms with Gasteiger partial charge in [0.15, 0.2) is 0 Å². The molecule has 4 heteroatoms. The minimum atomic E-state index is 0.0214. The second-order valence-electron chi connectivity index (χ2n) is 5.63. The maximum absolute atomic E-state index is 5.92. The third-order valence-corrected chi connectivity index (χ3v) is 4.66. The fourth-order valence-corrected chi connectivity index (χ4v) is 3.32. The first-order valence-electron chi connectivity index (χ1n) is 7.66. The first-order chi connectivity index (χ1) is 10.2. The van der Waals surface area contributed by atoms with Crippen molar-refractivity contribution >= 4 is 0 Å². The van der Waals surface area contributed by atoms with Crippen LogP contribution in [0.5, 0.6) is 0 Å². The molecule has 1 heterocycles. The predicted molar refractivity (Wildman–Crippen MR) is 86.7 cm³/mol. The lowest BCUT2D eigenvalue weighted by Gasteiger charge is -2.40. The highest BCUT2D eigenvalue weighted by molar-refractivity contribution is 5.28. The summed E-state index contributed by atoms with van der Waals surface area (Å²) in [7, 11) is 1.94. The minimum absolute atomic E-state index is 0.0214. The van der Waals surface area contributed by atoms with E-state index in [9.17, 15) is 0 Å². The maximum Gasteiger partial charge on any atom is 0.0640 e. The van der Waals surface area contributed by atoms with Gasteiger partial charge < -0.3 is 0 Å². The highest BCUT2D eigenvalue weighted by Gasteiger charge is 2.37. The van der Waals surface area contributed by atoms with Gasteiger partial charge in [0.05, 0.1) is 5.69 Å². The summed E-state index contributed by atoms with van der Waals surface area (Å²) >= 11 is 0. The summed E-state index contributed by atoms with van der Waals surface area (Å²) in [6.07, 6.45) is 4.88. The van der Waals surface area contributed by atoms with Crippen molar-refractivity contribution < 1.29 is 0 Å². The van der Waals surface area contributed by atoms with Gasteiger partial charge in [-0.1, -0.05) is 44.2 Å². The van der Waals surface area contributed by atoms with Crippen molar-refractivity contribution in [1.82, 2.24) is 15.2 Å². The number of aromatic nitrogens is 2. The van der Waals surface area contributed by atoms with Crippen LogP contribution in [-0.4, -0.2) is 15.8 Å². The van der Waals surface area contributed by atoms with Crippen molar-refractivity contribution in [3.63, 3.8) is 0 Å². The average molecular weight is 286 g/mol. The molecular formula is C17H26N4. The summed E-state index contributed by atoms with van der Waals surface area (Å²) in [6.45, 7) is 4.47. The molecule has 0 radical (unpaired) electrons. The molecule has 0 aliphatic rings. The van der Waals surface area contributed by atoms with Crippen LogP contribution in [0.1, 0.15) is 37.9 Å². The largest absolute Gasteiger partial charge is 0.276 e. The molecule has 0 aliphatic heterocycles. The number of nitrogens with two attached hydrogens (primary N) is 1. The van der Waals surface area contributed by atoms with E-state index in [-0.39, 0.29) is 11.5 Å². The summed E-state index contributed by atoms with van der Waals surface area (Å²) in [5.41, 5.74) is 5.49. The first kappa shape index (κ1) is 15.7. The lowest BCUT2D eigenvalue weighted by atomic mass is 9.69. The Bertz CT molecular complexity index is 543. The Labute approximate surface area is 127 Å². The SMILES string of the molecule is CCC(CC)(c1ccccc1)C(Cc1ccn(C)n1)NN.